The first-order valence-electron chi connectivity index (χ1n) is 4.99. The van der Waals surface area contributed by atoms with E-state index in [-0.39, 0.29) is 0 Å². The van der Waals surface area contributed by atoms with Crippen LogP contribution in [0.4, 0.5) is 0 Å². The largest absolute Gasteiger partial charge is 0.342 e. The fraction of sp³-hybridized carbons (Fsp3) is 0.364. The number of aromatic nitrogens is 2. The van der Waals surface area contributed by atoms with Crippen LogP contribution in [0.2, 0.25) is 0 Å². The summed E-state index contributed by atoms with van der Waals surface area (Å²) < 4.78 is 0. The van der Waals surface area contributed by atoms with E-state index in [1.165, 1.54) is 5.56 Å². The van der Waals surface area contributed by atoms with E-state index in [0.29, 0.717) is 6.04 Å². The lowest BCUT2D eigenvalue weighted by molar-refractivity contribution is 0.664. The molecule has 0 fully saturated rings. The van der Waals surface area contributed by atoms with Crippen LogP contribution in [-0.2, 0) is 0 Å². The second-order valence-corrected chi connectivity index (χ2v) is 3.99. The van der Waals surface area contributed by atoms with Gasteiger partial charge in [0.25, 0.3) is 0 Å². The third kappa shape index (κ3) is 2.01. The van der Waals surface area contributed by atoms with Crippen molar-refractivity contribution in [2.45, 2.75) is 13.0 Å². The molecule has 1 aromatic carbocycles. The van der Waals surface area contributed by atoms with Gasteiger partial charge in [0, 0.05) is 11.8 Å². The zero-order valence-corrected chi connectivity index (χ0v) is 9.81. The molecule has 0 saturated carbocycles. The highest BCUT2D eigenvalue weighted by molar-refractivity contribution is 7.80. The van der Waals surface area contributed by atoms with Gasteiger partial charge < -0.3 is 10.3 Å². The number of hydrogen-bond donors (Lipinski definition) is 3. The summed E-state index contributed by atoms with van der Waals surface area (Å²) in [6, 6.07) is 6.57. The molecular formula is C11H15N3S. The molecule has 0 amide bonds. The minimum absolute atomic E-state index is 0.293. The van der Waals surface area contributed by atoms with Gasteiger partial charge in [0.15, 0.2) is 0 Å². The van der Waals surface area contributed by atoms with Gasteiger partial charge in [-0.15, -0.1) is 0 Å². The number of rotatable bonds is 3. The van der Waals surface area contributed by atoms with Crippen LogP contribution in [0, 0.1) is 6.92 Å². The topological polar surface area (TPSA) is 40.7 Å². The molecule has 0 aliphatic heterocycles. The van der Waals surface area contributed by atoms with Crippen molar-refractivity contribution in [3.05, 3.63) is 29.6 Å². The van der Waals surface area contributed by atoms with Crippen LogP contribution < -0.4 is 5.32 Å². The molecule has 2 N–H and O–H groups in total. The van der Waals surface area contributed by atoms with Gasteiger partial charge in [0.05, 0.1) is 11.0 Å². The molecule has 4 heteroatoms. The van der Waals surface area contributed by atoms with Crippen LogP contribution >= 0.6 is 12.6 Å². The number of benzene rings is 1. The molecule has 1 atom stereocenters. The van der Waals surface area contributed by atoms with Crippen molar-refractivity contribution in [3.63, 3.8) is 0 Å². The smallest absolute Gasteiger partial charge is 0.104 e. The maximum Gasteiger partial charge on any atom is 0.104 e. The summed E-state index contributed by atoms with van der Waals surface area (Å²) in [6.45, 7) is 1.97. The molecule has 0 spiro atoms. The molecule has 0 saturated heterocycles. The van der Waals surface area contributed by atoms with E-state index < -0.39 is 0 Å². The van der Waals surface area contributed by atoms with E-state index in [0.717, 1.165) is 22.6 Å². The molecule has 0 aliphatic rings. The number of nitrogens with zero attached hydrogens (tertiary/aromatic N) is 1. The summed E-state index contributed by atoms with van der Waals surface area (Å²) in [5.74, 6) is 1.74. The monoisotopic (exact) mass is 221 g/mol. The fourth-order valence-corrected chi connectivity index (χ4v) is 2.13. The van der Waals surface area contributed by atoms with Crippen molar-refractivity contribution in [2.75, 3.05) is 12.8 Å². The van der Waals surface area contributed by atoms with E-state index in [1.54, 1.807) is 0 Å². The molecule has 15 heavy (non-hydrogen) atoms. The van der Waals surface area contributed by atoms with E-state index in [9.17, 15) is 0 Å². The lowest BCUT2D eigenvalue weighted by Crippen LogP contribution is -2.17. The van der Waals surface area contributed by atoms with Crippen molar-refractivity contribution < 1.29 is 0 Å². The Labute approximate surface area is 94.7 Å². The van der Waals surface area contributed by atoms with E-state index in [1.807, 2.05) is 20.0 Å². The first-order valence-corrected chi connectivity index (χ1v) is 5.62. The van der Waals surface area contributed by atoms with Gasteiger partial charge in [-0.3, -0.25) is 0 Å². The zero-order chi connectivity index (χ0) is 10.8. The molecule has 2 aromatic rings. The highest BCUT2D eigenvalue weighted by Gasteiger charge is 2.08. The van der Waals surface area contributed by atoms with Crippen LogP contribution in [0.3, 0.4) is 0 Å². The van der Waals surface area contributed by atoms with Gasteiger partial charge in [-0.2, -0.15) is 12.6 Å². The molecule has 1 aromatic heterocycles. The second kappa shape index (κ2) is 4.24. The first kappa shape index (κ1) is 10.5. The zero-order valence-electron chi connectivity index (χ0n) is 8.91. The Kier molecular flexibility index (Phi) is 2.98. The lowest BCUT2D eigenvalue weighted by Gasteiger charge is -2.13. The van der Waals surface area contributed by atoms with Crippen molar-refractivity contribution in [3.8, 4) is 0 Å². The molecule has 0 radical (unpaired) electrons. The Hall–Kier alpha value is -1.00. The SMILES string of the molecule is CNC(CS)c1ccc2nc(C)[nH]c2c1. The quantitative estimate of drug-likeness (QED) is 0.694. The van der Waals surface area contributed by atoms with E-state index >= 15 is 0 Å². The molecule has 1 heterocycles. The standard InChI is InChI=1S/C11H15N3S/c1-7-13-9-4-3-8(5-10(9)14-7)11(6-15)12-2/h3-5,11-12,15H,6H2,1-2H3,(H,13,14). The second-order valence-electron chi connectivity index (χ2n) is 3.62. The van der Waals surface area contributed by atoms with Gasteiger partial charge in [-0.05, 0) is 31.7 Å². The van der Waals surface area contributed by atoms with Crippen molar-refractivity contribution in [1.29, 1.82) is 0 Å². The van der Waals surface area contributed by atoms with Gasteiger partial charge in [-0.1, -0.05) is 6.07 Å². The summed E-state index contributed by atoms with van der Waals surface area (Å²) in [6.07, 6.45) is 0. The summed E-state index contributed by atoms with van der Waals surface area (Å²) in [5, 5.41) is 3.23. The molecule has 2 rings (SSSR count). The molecule has 3 nitrogen and oxygen atoms in total. The van der Waals surface area contributed by atoms with Crippen LogP contribution in [0.5, 0.6) is 0 Å². The van der Waals surface area contributed by atoms with Gasteiger partial charge in [0.2, 0.25) is 0 Å². The Balaban J connectivity index is 2.45. The Morgan fingerprint density at radius 3 is 3.00 bits per heavy atom. The Bertz CT molecular complexity index is 460. The summed E-state index contributed by atoms with van der Waals surface area (Å²) in [5.41, 5.74) is 3.35. The third-order valence-corrected chi connectivity index (χ3v) is 2.92. The molecule has 0 aliphatic carbocycles. The first-order chi connectivity index (χ1) is 7.24. The van der Waals surface area contributed by atoms with Crippen LogP contribution in [-0.4, -0.2) is 22.8 Å². The maximum absolute atomic E-state index is 4.37. The highest BCUT2D eigenvalue weighted by Crippen LogP contribution is 2.19. The van der Waals surface area contributed by atoms with Crippen molar-refractivity contribution in [2.24, 2.45) is 0 Å². The average Bonchev–Trinajstić information content (AvgIpc) is 2.59. The minimum atomic E-state index is 0.293. The number of fused-ring (bicyclic) bond motifs is 1. The van der Waals surface area contributed by atoms with Crippen LogP contribution in [0.15, 0.2) is 18.2 Å². The van der Waals surface area contributed by atoms with E-state index in [4.69, 9.17) is 0 Å². The third-order valence-electron chi connectivity index (χ3n) is 2.56. The normalized spacial score (nSPS) is 13.3. The number of nitrogens with one attached hydrogen (secondary N) is 2. The fourth-order valence-electron chi connectivity index (χ4n) is 1.73. The molecule has 0 bridgehead atoms. The van der Waals surface area contributed by atoms with Gasteiger partial charge >= 0.3 is 0 Å². The summed E-state index contributed by atoms with van der Waals surface area (Å²) in [7, 11) is 1.95. The number of aromatic amines is 1. The number of hydrogen-bond acceptors (Lipinski definition) is 3. The number of H-pyrrole nitrogens is 1. The Morgan fingerprint density at radius 2 is 2.33 bits per heavy atom. The molecule has 80 valence electrons. The number of imidazole rings is 1. The van der Waals surface area contributed by atoms with E-state index in [2.05, 4.69) is 40.0 Å². The van der Waals surface area contributed by atoms with Crippen molar-refractivity contribution in [1.82, 2.24) is 15.3 Å². The number of aryl methyl sites for hydroxylation is 1. The predicted octanol–water partition coefficient (Wildman–Crippen LogP) is 2.06. The molecule has 1 unspecified atom stereocenters. The highest BCUT2D eigenvalue weighted by atomic mass is 32.1. The van der Waals surface area contributed by atoms with Gasteiger partial charge in [-0.25, -0.2) is 4.98 Å². The summed E-state index contributed by atoms with van der Waals surface area (Å²) >= 11 is 4.32. The maximum atomic E-state index is 4.37. The predicted molar refractivity (Wildman–Crippen MR) is 66.5 cm³/mol. The van der Waals surface area contributed by atoms with Gasteiger partial charge in [0.1, 0.15) is 5.82 Å². The van der Waals surface area contributed by atoms with Crippen molar-refractivity contribution >= 4 is 23.7 Å². The van der Waals surface area contributed by atoms with Crippen LogP contribution in [0.25, 0.3) is 11.0 Å². The Morgan fingerprint density at radius 1 is 1.53 bits per heavy atom. The average molecular weight is 221 g/mol. The number of thiol groups is 1. The minimum Gasteiger partial charge on any atom is -0.342 e. The van der Waals surface area contributed by atoms with Crippen LogP contribution in [0.1, 0.15) is 17.4 Å². The lowest BCUT2D eigenvalue weighted by atomic mass is 10.1. The summed E-state index contributed by atoms with van der Waals surface area (Å²) in [4.78, 5) is 7.61. The molecular weight excluding hydrogens is 206 g/mol.